The van der Waals surface area contributed by atoms with E-state index in [0.717, 1.165) is 24.8 Å². The van der Waals surface area contributed by atoms with Gasteiger partial charge in [0.25, 0.3) is 0 Å². The maximum atomic E-state index is 6.01. The van der Waals surface area contributed by atoms with Crippen molar-refractivity contribution in [2.24, 2.45) is 5.73 Å². The summed E-state index contributed by atoms with van der Waals surface area (Å²) >= 11 is 11.1. The lowest BCUT2D eigenvalue weighted by Crippen LogP contribution is -2.06. The van der Waals surface area contributed by atoms with E-state index in [0.29, 0.717) is 0 Å². The summed E-state index contributed by atoms with van der Waals surface area (Å²) in [5.74, 6) is 0. The van der Waals surface area contributed by atoms with Gasteiger partial charge in [-0.15, -0.1) is 0 Å². The van der Waals surface area contributed by atoms with E-state index in [2.05, 4.69) is 28.1 Å². The number of benzene rings is 2. The molecule has 1 atom stereocenters. The van der Waals surface area contributed by atoms with E-state index in [-0.39, 0.29) is 6.04 Å². The average molecular weight is 343 g/mol. The minimum absolute atomic E-state index is 0.00387. The molecule has 0 aromatic heterocycles. The SMILES string of the molecule is CC(N)c1cc(Br)ccc1Sc1cccc(Cl)c1. The molecule has 0 bridgehead atoms. The van der Waals surface area contributed by atoms with E-state index in [1.807, 2.05) is 37.3 Å². The van der Waals surface area contributed by atoms with Crippen molar-refractivity contribution in [2.75, 3.05) is 0 Å². The van der Waals surface area contributed by atoms with Crippen LogP contribution in [-0.2, 0) is 0 Å². The summed E-state index contributed by atoms with van der Waals surface area (Å²) in [7, 11) is 0. The van der Waals surface area contributed by atoms with Gasteiger partial charge in [0.05, 0.1) is 0 Å². The molecular formula is C14H13BrClNS. The van der Waals surface area contributed by atoms with Gasteiger partial charge in [-0.05, 0) is 48.9 Å². The Hall–Kier alpha value is -0.480. The molecule has 0 fully saturated rings. The highest BCUT2D eigenvalue weighted by Crippen LogP contribution is 2.35. The minimum Gasteiger partial charge on any atom is -0.324 e. The Morgan fingerprint density at radius 3 is 2.67 bits per heavy atom. The van der Waals surface area contributed by atoms with Crippen LogP contribution in [0.25, 0.3) is 0 Å². The summed E-state index contributed by atoms with van der Waals surface area (Å²) < 4.78 is 1.05. The Morgan fingerprint density at radius 1 is 1.22 bits per heavy atom. The molecule has 18 heavy (non-hydrogen) atoms. The summed E-state index contributed by atoms with van der Waals surface area (Å²) in [5, 5.41) is 0.749. The second kappa shape index (κ2) is 6.11. The molecule has 0 spiro atoms. The van der Waals surface area contributed by atoms with Crippen LogP contribution in [0.3, 0.4) is 0 Å². The van der Waals surface area contributed by atoms with E-state index < -0.39 is 0 Å². The molecule has 0 saturated carbocycles. The molecule has 0 aliphatic rings. The zero-order valence-electron chi connectivity index (χ0n) is 9.86. The van der Waals surface area contributed by atoms with Crippen molar-refractivity contribution in [1.82, 2.24) is 0 Å². The normalized spacial score (nSPS) is 12.4. The monoisotopic (exact) mass is 341 g/mol. The van der Waals surface area contributed by atoms with Crippen molar-refractivity contribution in [1.29, 1.82) is 0 Å². The maximum Gasteiger partial charge on any atom is 0.0417 e. The van der Waals surface area contributed by atoms with Crippen molar-refractivity contribution >= 4 is 39.3 Å². The third-order valence-electron chi connectivity index (χ3n) is 2.49. The van der Waals surface area contributed by atoms with Crippen LogP contribution in [0.1, 0.15) is 18.5 Å². The fourth-order valence-electron chi connectivity index (χ4n) is 1.63. The number of hydrogen-bond acceptors (Lipinski definition) is 2. The molecule has 0 saturated heterocycles. The van der Waals surface area contributed by atoms with E-state index >= 15 is 0 Å². The predicted octanol–water partition coefficient (Wildman–Crippen LogP) is 5.27. The van der Waals surface area contributed by atoms with Gasteiger partial charge < -0.3 is 5.73 Å². The number of nitrogens with two attached hydrogens (primary N) is 1. The van der Waals surface area contributed by atoms with E-state index in [4.69, 9.17) is 17.3 Å². The maximum absolute atomic E-state index is 6.01. The zero-order chi connectivity index (χ0) is 13.1. The fraction of sp³-hybridized carbons (Fsp3) is 0.143. The molecule has 1 unspecified atom stereocenters. The Kier molecular flexibility index (Phi) is 4.73. The number of halogens is 2. The summed E-state index contributed by atoms with van der Waals surface area (Å²) in [5.41, 5.74) is 7.14. The highest BCUT2D eigenvalue weighted by molar-refractivity contribution is 9.10. The lowest BCUT2D eigenvalue weighted by Gasteiger charge is -2.13. The highest BCUT2D eigenvalue weighted by Gasteiger charge is 2.09. The van der Waals surface area contributed by atoms with E-state index in [1.165, 1.54) is 0 Å². The van der Waals surface area contributed by atoms with E-state index in [9.17, 15) is 0 Å². The largest absolute Gasteiger partial charge is 0.324 e. The smallest absolute Gasteiger partial charge is 0.0417 e. The van der Waals surface area contributed by atoms with E-state index in [1.54, 1.807) is 11.8 Å². The standard InChI is InChI=1S/C14H13BrClNS/c1-9(17)13-7-10(15)5-6-14(13)18-12-4-2-3-11(16)8-12/h2-9H,17H2,1H3. The first-order valence-electron chi connectivity index (χ1n) is 5.54. The van der Waals surface area contributed by atoms with Gasteiger partial charge in [-0.3, -0.25) is 0 Å². The van der Waals surface area contributed by atoms with Crippen LogP contribution in [0.5, 0.6) is 0 Å². The molecule has 2 rings (SSSR count). The van der Waals surface area contributed by atoms with Gasteiger partial charge in [0.2, 0.25) is 0 Å². The first-order valence-corrected chi connectivity index (χ1v) is 7.53. The van der Waals surface area contributed by atoms with Crippen LogP contribution in [0.15, 0.2) is 56.7 Å². The summed E-state index contributed by atoms with van der Waals surface area (Å²) in [6.45, 7) is 1.99. The lowest BCUT2D eigenvalue weighted by atomic mass is 10.1. The molecule has 0 aliphatic heterocycles. The van der Waals surface area contributed by atoms with Crippen LogP contribution in [0.4, 0.5) is 0 Å². The second-order valence-corrected chi connectivity index (χ2v) is 6.50. The van der Waals surface area contributed by atoms with Gasteiger partial charge in [-0.1, -0.05) is 45.4 Å². The molecule has 1 nitrogen and oxygen atoms in total. The van der Waals surface area contributed by atoms with Crippen LogP contribution >= 0.6 is 39.3 Å². The van der Waals surface area contributed by atoms with Crippen molar-refractivity contribution in [3.05, 3.63) is 57.5 Å². The Balaban J connectivity index is 2.34. The predicted molar refractivity (Wildman–Crippen MR) is 82.3 cm³/mol. The van der Waals surface area contributed by atoms with Gasteiger partial charge in [0.15, 0.2) is 0 Å². The van der Waals surface area contributed by atoms with Crippen molar-refractivity contribution < 1.29 is 0 Å². The quantitative estimate of drug-likeness (QED) is 0.822. The topological polar surface area (TPSA) is 26.0 Å². The first kappa shape index (κ1) is 13.9. The second-order valence-electron chi connectivity index (χ2n) is 4.03. The fourth-order valence-corrected chi connectivity index (χ4v) is 3.34. The molecule has 2 aromatic carbocycles. The molecule has 2 aromatic rings. The third kappa shape index (κ3) is 3.51. The zero-order valence-corrected chi connectivity index (χ0v) is 13.0. The van der Waals surface area contributed by atoms with Crippen molar-refractivity contribution in [3.63, 3.8) is 0 Å². The van der Waals surface area contributed by atoms with Gasteiger partial charge in [-0.2, -0.15) is 0 Å². The summed E-state index contributed by atoms with van der Waals surface area (Å²) in [4.78, 5) is 2.28. The molecule has 0 aliphatic carbocycles. The molecule has 0 radical (unpaired) electrons. The number of hydrogen-bond donors (Lipinski definition) is 1. The van der Waals surface area contributed by atoms with Crippen molar-refractivity contribution in [2.45, 2.75) is 22.8 Å². The van der Waals surface area contributed by atoms with Gasteiger partial charge in [0, 0.05) is 25.3 Å². The molecule has 0 amide bonds. The lowest BCUT2D eigenvalue weighted by molar-refractivity contribution is 0.796. The minimum atomic E-state index is 0.00387. The highest BCUT2D eigenvalue weighted by atomic mass is 79.9. The molecule has 0 heterocycles. The number of rotatable bonds is 3. The summed E-state index contributed by atoms with van der Waals surface area (Å²) in [6, 6.07) is 14.0. The van der Waals surface area contributed by atoms with Crippen LogP contribution in [0, 0.1) is 0 Å². The Bertz CT molecular complexity index is 557. The molecule has 94 valence electrons. The third-order valence-corrected chi connectivity index (χ3v) is 4.30. The van der Waals surface area contributed by atoms with Crippen molar-refractivity contribution in [3.8, 4) is 0 Å². The van der Waals surface area contributed by atoms with Crippen LogP contribution < -0.4 is 5.73 Å². The Morgan fingerprint density at radius 2 is 2.00 bits per heavy atom. The average Bonchev–Trinajstić information content (AvgIpc) is 2.31. The molecular weight excluding hydrogens is 330 g/mol. The van der Waals surface area contributed by atoms with Gasteiger partial charge >= 0.3 is 0 Å². The Labute approximate surface area is 125 Å². The van der Waals surface area contributed by atoms with Gasteiger partial charge in [-0.25, -0.2) is 0 Å². The van der Waals surface area contributed by atoms with Crippen LogP contribution in [0.2, 0.25) is 5.02 Å². The molecule has 2 N–H and O–H groups in total. The first-order chi connectivity index (χ1) is 8.56. The molecule has 4 heteroatoms. The van der Waals surface area contributed by atoms with Crippen LogP contribution in [-0.4, -0.2) is 0 Å². The van der Waals surface area contributed by atoms with Gasteiger partial charge in [0.1, 0.15) is 0 Å². The summed E-state index contributed by atoms with van der Waals surface area (Å²) in [6.07, 6.45) is 0.